The first-order chi connectivity index (χ1) is 12.3. The molecule has 1 saturated heterocycles. The standard InChI is InChI=1S/C21H32N2O2/c24-20(17-23-14-4-1-2-5-15-23)18-25-21-10-8-19(9-11-21)16-22-12-6-3-7-13-22/h3,6,8-11,20,24H,1-2,4-5,7,12-18H2. The molecule has 1 unspecified atom stereocenters. The van der Waals surface area contributed by atoms with Gasteiger partial charge in [0, 0.05) is 26.2 Å². The summed E-state index contributed by atoms with van der Waals surface area (Å²) in [6.45, 7) is 6.48. The third-order valence-corrected chi connectivity index (χ3v) is 5.08. The quantitative estimate of drug-likeness (QED) is 0.771. The van der Waals surface area contributed by atoms with Crippen molar-refractivity contribution in [3.63, 3.8) is 0 Å². The molecule has 1 fully saturated rings. The van der Waals surface area contributed by atoms with Crippen LogP contribution in [0.2, 0.25) is 0 Å². The Morgan fingerprint density at radius 2 is 1.68 bits per heavy atom. The van der Waals surface area contributed by atoms with Crippen LogP contribution in [0.25, 0.3) is 0 Å². The van der Waals surface area contributed by atoms with Crippen LogP contribution in [-0.4, -0.2) is 60.3 Å². The summed E-state index contributed by atoms with van der Waals surface area (Å²) in [6, 6.07) is 8.31. The van der Waals surface area contributed by atoms with E-state index in [1.807, 2.05) is 12.1 Å². The van der Waals surface area contributed by atoms with Crippen LogP contribution >= 0.6 is 0 Å². The Morgan fingerprint density at radius 3 is 2.36 bits per heavy atom. The number of rotatable bonds is 7. The van der Waals surface area contributed by atoms with Gasteiger partial charge in [-0.05, 0) is 50.0 Å². The van der Waals surface area contributed by atoms with Gasteiger partial charge in [0.05, 0.1) is 0 Å². The van der Waals surface area contributed by atoms with Gasteiger partial charge in [-0.15, -0.1) is 0 Å². The first kappa shape index (κ1) is 18.4. The van der Waals surface area contributed by atoms with Gasteiger partial charge in [-0.25, -0.2) is 0 Å². The first-order valence-corrected chi connectivity index (χ1v) is 9.79. The molecule has 0 saturated carbocycles. The van der Waals surface area contributed by atoms with Gasteiger partial charge in [-0.3, -0.25) is 4.90 Å². The lowest BCUT2D eigenvalue weighted by atomic mass is 10.1. The number of likely N-dealkylation sites (tertiary alicyclic amines) is 1. The van der Waals surface area contributed by atoms with Crippen molar-refractivity contribution in [1.82, 2.24) is 9.80 Å². The van der Waals surface area contributed by atoms with Crippen molar-refractivity contribution in [2.75, 3.05) is 39.3 Å². The molecule has 1 atom stereocenters. The Bertz CT molecular complexity index is 521. The van der Waals surface area contributed by atoms with Crippen molar-refractivity contribution >= 4 is 0 Å². The molecular weight excluding hydrogens is 312 g/mol. The van der Waals surface area contributed by atoms with Crippen LogP contribution in [0.1, 0.15) is 37.7 Å². The summed E-state index contributed by atoms with van der Waals surface area (Å²) < 4.78 is 5.78. The summed E-state index contributed by atoms with van der Waals surface area (Å²) in [5.74, 6) is 0.845. The molecule has 0 amide bonds. The van der Waals surface area contributed by atoms with Gasteiger partial charge < -0.3 is 14.7 Å². The minimum Gasteiger partial charge on any atom is -0.491 e. The minimum absolute atomic E-state index is 0.368. The van der Waals surface area contributed by atoms with Crippen molar-refractivity contribution in [2.45, 2.75) is 44.8 Å². The number of β-amino-alcohol motifs (C(OH)–C–C–N with tert-alkyl or cyclic N) is 1. The van der Waals surface area contributed by atoms with Crippen molar-refractivity contribution in [2.24, 2.45) is 0 Å². The van der Waals surface area contributed by atoms with E-state index in [-0.39, 0.29) is 0 Å². The smallest absolute Gasteiger partial charge is 0.119 e. The Morgan fingerprint density at radius 1 is 0.920 bits per heavy atom. The van der Waals surface area contributed by atoms with E-state index >= 15 is 0 Å². The highest BCUT2D eigenvalue weighted by Crippen LogP contribution is 2.16. The van der Waals surface area contributed by atoms with E-state index in [0.717, 1.165) is 51.4 Å². The molecule has 25 heavy (non-hydrogen) atoms. The van der Waals surface area contributed by atoms with Gasteiger partial charge in [-0.2, -0.15) is 0 Å². The zero-order valence-electron chi connectivity index (χ0n) is 15.3. The highest BCUT2D eigenvalue weighted by Gasteiger charge is 2.14. The molecule has 4 nitrogen and oxygen atoms in total. The first-order valence-electron chi connectivity index (χ1n) is 9.79. The molecule has 138 valence electrons. The second-order valence-electron chi connectivity index (χ2n) is 7.32. The lowest BCUT2D eigenvalue weighted by Gasteiger charge is -2.23. The van der Waals surface area contributed by atoms with Crippen LogP contribution < -0.4 is 4.74 Å². The second-order valence-corrected chi connectivity index (χ2v) is 7.32. The Balaban J connectivity index is 1.39. The van der Waals surface area contributed by atoms with E-state index in [4.69, 9.17) is 4.74 Å². The average molecular weight is 344 g/mol. The minimum atomic E-state index is -0.419. The number of hydrogen-bond donors (Lipinski definition) is 1. The van der Waals surface area contributed by atoms with E-state index in [0.29, 0.717) is 6.61 Å². The predicted octanol–water partition coefficient (Wildman–Crippen LogP) is 3.06. The number of aliphatic hydroxyl groups excluding tert-OH is 1. The molecule has 1 aromatic carbocycles. The number of nitrogens with zero attached hydrogens (tertiary/aromatic N) is 2. The van der Waals surface area contributed by atoms with Crippen LogP contribution in [-0.2, 0) is 6.54 Å². The lowest BCUT2D eigenvalue weighted by Crippen LogP contribution is -2.36. The van der Waals surface area contributed by atoms with Gasteiger partial charge in [0.15, 0.2) is 0 Å². The molecular formula is C21H32N2O2. The van der Waals surface area contributed by atoms with Gasteiger partial charge in [0.25, 0.3) is 0 Å². The van der Waals surface area contributed by atoms with Gasteiger partial charge in [0.2, 0.25) is 0 Å². The monoisotopic (exact) mass is 344 g/mol. The van der Waals surface area contributed by atoms with E-state index in [2.05, 4.69) is 34.1 Å². The summed E-state index contributed by atoms with van der Waals surface area (Å²) >= 11 is 0. The molecule has 2 aliphatic rings. The molecule has 0 aromatic heterocycles. The summed E-state index contributed by atoms with van der Waals surface area (Å²) in [4.78, 5) is 4.82. The zero-order valence-corrected chi connectivity index (χ0v) is 15.3. The van der Waals surface area contributed by atoms with E-state index in [9.17, 15) is 5.11 Å². The molecule has 2 heterocycles. The van der Waals surface area contributed by atoms with E-state index in [1.54, 1.807) is 0 Å². The number of hydrogen-bond acceptors (Lipinski definition) is 4. The number of benzene rings is 1. The fourth-order valence-electron chi connectivity index (χ4n) is 3.64. The van der Waals surface area contributed by atoms with E-state index in [1.165, 1.54) is 31.2 Å². The third-order valence-electron chi connectivity index (χ3n) is 5.08. The van der Waals surface area contributed by atoms with Crippen molar-refractivity contribution in [1.29, 1.82) is 0 Å². The maximum absolute atomic E-state index is 10.2. The molecule has 0 radical (unpaired) electrons. The van der Waals surface area contributed by atoms with Gasteiger partial charge in [0.1, 0.15) is 18.5 Å². The fourth-order valence-corrected chi connectivity index (χ4v) is 3.64. The zero-order chi connectivity index (χ0) is 17.3. The van der Waals surface area contributed by atoms with E-state index < -0.39 is 6.10 Å². The van der Waals surface area contributed by atoms with Crippen molar-refractivity contribution in [3.05, 3.63) is 42.0 Å². The Kier molecular flexibility index (Phi) is 7.34. The maximum atomic E-state index is 10.2. The third kappa shape index (κ3) is 6.46. The highest BCUT2D eigenvalue weighted by atomic mass is 16.5. The van der Waals surface area contributed by atoms with Crippen LogP contribution in [0.4, 0.5) is 0 Å². The van der Waals surface area contributed by atoms with Gasteiger partial charge in [-0.1, -0.05) is 37.1 Å². The molecule has 1 aromatic rings. The molecule has 3 rings (SSSR count). The van der Waals surface area contributed by atoms with Crippen LogP contribution in [0.5, 0.6) is 5.75 Å². The molecule has 0 spiro atoms. The SMILES string of the molecule is OC(COc1ccc(CN2CC=CCC2)cc1)CN1CCCCCC1. The summed E-state index contributed by atoms with van der Waals surface area (Å²) in [5, 5.41) is 10.2. The Hall–Kier alpha value is -1.36. The topological polar surface area (TPSA) is 35.9 Å². The molecule has 0 aliphatic carbocycles. The predicted molar refractivity (Wildman–Crippen MR) is 102 cm³/mol. The normalized spacial score (nSPS) is 21.0. The van der Waals surface area contributed by atoms with Crippen LogP contribution in [0.15, 0.2) is 36.4 Å². The van der Waals surface area contributed by atoms with Crippen LogP contribution in [0.3, 0.4) is 0 Å². The molecule has 1 N–H and O–H groups in total. The number of aliphatic hydroxyl groups is 1. The average Bonchev–Trinajstić information content (AvgIpc) is 2.91. The van der Waals surface area contributed by atoms with Crippen molar-refractivity contribution < 1.29 is 9.84 Å². The summed E-state index contributed by atoms with van der Waals surface area (Å²) in [5.41, 5.74) is 1.31. The molecule has 2 aliphatic heterocycles. The summed E-state index contributed by atoms with van der Waals surface area (Å²) in [6.07, 6.45) is 10.4. The van der Waals surface area contributed by atoms with Crippen LogP contribution in [0, 0.1) is 0 Å². The lowest BCUT2D eigenvalue weighted by molar-refractivity contribution is 0.0693. The Labute approximate surface area is 152 Å². The molecule has 0 bridgehead atoms. The largest absolute Gasteiger partial charge is 0.491 e. The fraction of sp³-hybridized carbons (Fsp3) is 0.619. The van der Waals surface area contributed by atoms with Crippen molar-refractivity contribution in [3.8, 4) is 5.75 Å². The summed E-state index contributed by atoms with van der Waals surface area (Å²) in [7, 11) is 0. The second kappa shape index (κ2) is 9.95. The molecule has 4 heteroatoms. The highest BCUT2D eigenvalue weighted by molar-refractivity contribution is 5.27. The van der Waals surface area contributed by atoms with Gasteiger partial charge >= 0.3 is 0 Å². The maximum Gasteiger partial charge on any atom is 0.119 e. The number of ether oxygens (including phenoxy) is 1.